The first-order valence-corrected chi connectivity index (χ1v) is 6.70. The number of carbonyl (C=O) groups excluding carboxylic acids is 1. The van der Waals surface area contributed by atoms with Crippen LogP contribution < -0.4 is 4.74 Å². The first kappa shape index (κ1) is 14.9. The van der Waals surface area contributed by atoms with Crippen molar-refractivity contribution in [1.82, 2.24) is 4.90 Å². The van der Waals surface area contributed by atoms with Gasteiger partial charge in [0.2, 0.25) is 0 Å². The molecule has 0 unspecified atom stereocenters. The summed E-state index contributed by atoms with van der Waals surface area (Å²) in [5, 5.41) is 9.71. The van der Waals surface area contributed by atoms with E-state index in [1.807, 2.05) is 24.3 Å². The highest BCUT2D eigenvalue weighted by atomic mass is 16.5. The molecular weight excluding hydrogens is 266 g/mol. The number of benzene rings is 2. The van der Waals surface area contributed by atoms with Crippen molar-refractivity contribution in [2.24, 2.45) is 0 Å². The normalized spacial score (nSPS) is 10.2. The van der Waals surface area contributed by atoms with Gasteiger partial charge < -0.3 is 14.7 Å². The molecule has 2 aromatic carbocycles. The zero-order chi connectivity index (χ0) is 15.4. The number of hydrogen-bond acceptors (Lipinski definition) is 3. The Hall–Kier alpha value is -2.49. The second-order valence-corrected chi connectivity index (χ2v) is 4.92. The molecule has 110 valence electrons. The number of amides is 1. The number of hydrogen-bond donors (Lipinski definition) is 1. The van der Waals surface area contributed by atoms with Crippen molar-refractivity contribution >= 4 is 5.91 Å². The zero-order valence-corrected chi connectivity index (χ0v) is 12.5. The molecule has 4 nitrogen and oxygen atoms in total. The van der Waals surface area contributed by atoms with E-state index in [2.05, 4.69) is 0 Å². The number of carbonyl (C=O) groups is 1. The number of ether oxygens (including phenoxy) is 1. The Bertz CT molecular complexity index is 652. The van der Waals surface area contributed by atoms with Gasteiger partial charge >= 0.3 is 0 Å². The summed E-state index contributed by atoms with van der Waals surface area (Å²) >= 11 is 0. The van der Waals surface area contributed by atoms with Crippen LogP contribution in [0.4, 0.5) is 0 Å². The first-order chi connectivity index (χ1) is 10.0. The highest BCUT2D eigenvalue weighted by Gasteiger charge is 2.17. The second kappa shape index (κ2) is 6.31. The Morgan fingerprint density at radius 3 is 2.62 bits per heavy atom. The van der Waals surface area contributed by atoms with Gasteiger partial charge in [-0.05, 0) is 25.1 Å². The monoisotopic (exact) mass is 285 g/mol. The lowest BCUT2D eigenvalue weighted by Gasteiger charge is -2.20. The van der Waals surface area contributed by atoms with Crippen molar-refractivity contribution in [3.63, 3.8) is 0 Å². The van der Waals surface area contributed by atoms with E-state index in [9.17, 15) is 9.90 Å². The Morgan fingerprint density at radius 1 is 1.19 bits per heavy atom. The molecule has 2 aromatic rings. The highest BCUT2D eigenvalue weighted by molar-refractivity contribution is 5.96. The van der Waals surface area contributed by atoms with Crippen LogP contribution in [-0.2, 0) is 6.54 Å². The lowest BCUT2D eigenvalue weighted by Crippen LogP contribution is -2.27. The lowest BCUT2D eigenvalue weighted by atomic mass is 10.1. The Balaban J connectivity index is 2.22. The Labute approximate surface area is 124 Å². The molecule has 1 N–H and O–H groups in total. The van der Waals surface area contributed by atoms with E-state index in [1.165, 1.54) is 0 Å². The molecule has 0 saturated carbocycles. The molecule has 0 aliphatic heterocycles. The standard InChI is InChI=1S/C17H19NO3/c1-12-14(8-6-9-15(12)19)17(20)18(2)11-13-7-4-5-10-16(13)21-3/h4-10,19H,11H2,1-3H3. The summed E-state index contributed by atoms with van der Waals surface area (Å²) in [7, 11) is 3.35. The van der Waals surface area contributed by atoms with Gasteiger partial charge in [-0.1, -0.05) is 24.3 Å². The van der Waals surface area contributed by atoms with Gasteiger partial charge in [0.05, 0.1) is 7.11 Å². The molecule has 4 heteroatoms. The fraction of sp³-hybridized carbons (Fsp3) is 0.235. The molecule has 0 aliphatic rings. The maximum atomic E-state index is 12.5. The van der Waals surface area contributed by atoms with E-state index >= 15 is 0 Å². The number of aromatic hydroxyl groups is 1. The molecule has 0 heterocycles. The maximum absolute atomic E-state index is 12.5. The van der Waals surface area contributed by atoms with Crippen LogP contribution in [0.2, 0.25) is 0 Å². The van der Waals surface area contributed by atoms with Gasteiger partial charge in [-0.2, -0.15) is 0 Å². The topological polar surface area (TPSA) is 49.8 Å². The number of para-hydroxylation sites is 1. The van der Waals surface area contributed by atoms with Crippen LogP contribution in [0.1, 0.15) is 21.5 Å². The van der Waals surface area contributed by atoms with Crippen LogP contribution in [0.25, 0.3) is 0 Å². The molecule has 0 saturated heterocycles. The molecule has 0 fully saturated rings. The number of phenolic OH excluding ortho intramolecular Hbond substituents is 1. The fourth-order valence-corrected chi connectivity index (χ4v) is 2.22. The first-order valence-electron chi connectivity index (χ1n) is 6.70. The van der Waals surface area contributed by atoms with Gasteiger partial charge in [-0.3, -0.25) is 4.79 Å². The minimum Gasteiger partial charge on any atom is -0.508 e. The summed E-state index contributed by atoms with van der Waals surface area (Å²) in [6.45, 7) is 2.18. The fourth-order valence-electron chi connectivity index (χ4n) is 2.22. The quantitative estimate of drug-likeness (QED) is 0.939. The SMILES string of the molecule is COc1ccccc1CN(C)C(=O)c1cccc(O)c1C. The van der Waals surface area contributed by atoms with Crippen LogP contribution in [0.5, 0.6) is 11.5 Å². The number of methoxy groups -OCH3 is 1. The minimum absolute atomic E-state index is 0.130. The van der Waals surface area contributed by atoms with Crippen molar-refractivity contribution < 1.29 is 14.6 Å². The molecule has 0 spiro atoms. The molecule has 0 aliphatic carbocycles. The van der Waals surface area contributed by atoms with Crippen LogP contribution in [-0.4, -0.2) is 30.1 Å². The van der Waals surface area contributed by atoms with E-state index in [0.29, 0.717) is 17.7 Å². The van der Waals surface area contributed by atoms with Crippen molar-refractivity contribution in [1.29, 1.82) is 0 Å². The minimum atomic E-state index is -0.130. The van der Waals surface area contributed by atoms with Crippen molar-refractivity contribution in [2.45, 2.75) is 13.5 Å². The van der Waals surface area contributed by atoms with Crippen molar-refractivity contribution in [2.75, 3.05) is 14.2 Å². The van der Waals surface area contributed by atoms with Gasteiger partial charge in [0, 0.05) is 30.3 Å². The maximum Gasteiger partial charge on any atom is 0.254 e. The third-order valence-electron chi connectivity index (χ3n) is 3.48. The van der Waals surface area contributed by atoms with Crippen LogP contribution >= 0.6 is 0 Å². The largest absolute Gasteiger partial charge is 0.508 e. The molecule has 0 atom stereocenters. The van der Waals surface area contributed by atoms with E-state index in [1.54, 1.807) is 44.2 Å². The van der Waals surface area contributed by atoms with Crippen LogP contribution in [0.3, 0.4) is 0 Å². The highest BCUT2D eigenvalue weighted by Crippen LogP contribution is 2.23. The molecule has 2 rings (SSSR count). The van der Waals surface area contributed by atoms with E-state index < -0.39 is 0 Å². The lowest BCUT2D eigenvalue weighted by molar-refractivity contribution is 0.0783. The predicted molar refractivity (Wildman–Crippen MR) is 81.6 cm³/mol. The van der Waals surface area contributed by atoms with Crippen molar-refractivity contribution in [3.8, 4) is 11.5 Å². The van der Waals surface area contributed by atoms with Crippen molar-refractivity contribution in [3.05, 3.63) is 59.2 Å². The van der Waals surface area contributed by atoms with Gasteiger partial charge in [0.1, 0.15) is 11.5 Å². The number of rotatable bonds is 4. The van der Waals surface area contributed by atoms with Crippen LogP contribution in [0, 0.1) is 6.92 Å². The molecule has 0 radical (unpaired) electrons. The van der Waals surface area contributed by atoms with E-state index in [4.69, 9.17) is 4.74 Å². The van der Waals surface area contributed by atoms with Gasteiger partial charge in [-0.25, -0.2) is 0 Å². The number of nitrogens with zero attached hydrogens (tertiary/aromatic N) is 1. The summed E-state index contributed by atoms with van der Waals surface area (Å²) in [4.78, 5) is 14.1. The summed E-state index contributed by atoms with van der Waals surface area (Å²) in [6.07, 6.45) is 0. The molecule has 1 amide bonds. The third-order valence-corrected chi connectivity index (χ3v) is 3.48. The van der Waals surface area contributed by atoms with Gasteiger partial charge in [0.25, 0.3) is 5.91 Å². The summed E-state index contributed by atoms with van der Waals surface area (Å²) in [6, 6.07) is 12.6. The summed E-state index contributed by atoms with van der Waals surface area (Å²) < 4.78 is 5.30. The average Bonchev–Trinajstić information content (AvgIpc) is 2.50. The van der Waals surface area contributed by atoms with Gasteiger partial charge in [0.15, 0.2) is 0 Å². The molecule has 21 heavy (non-hydrogen) atoms. The molecule has 0 bridgehead atoms. The second-order valence-electron chi connectivity index (χ2n) is 4.92. The third kappa shape index (κ3) is 3.16. The van der Waals surface area contributed by atoms with Gasteiger partial charge in [-0.15, -0.1) is 0 Å². The van der Waals surface area contributed by atoms with E-state index in [-0.39, 0.29) is 11.7 Å². The number of phenols is 1. The van der Waals surface area contributed by atoms with E-state index in [0.717, 1.165) is 11.3 Å². The van der Waals surface area contributed by atoms with Crippen LogP contribution in [0.15, 0.2) is 42.5 Å². The summed E-state index contributed by atoms with van der Waals surface area (Å²) in [5.74, 6) is 0.755. The summed E-state index contributed by atoms with van der Waals surface area (Å²) in [5.41, 5.74) is 2.04. The average molecular weight is 285 g/mol. The smallest absolute Gasteiger partial charge is 0.254 e. The Morgan fingerprint density at radius 2 is 1.90 bits per heavy atom. The predicted octanol–water partition coefficient (Wildman–Crippen LogP) is 2.98. The molecular formula is C17H19NO3. The molecule has 0 aromatic heterocycles. The zero-order valence-electron chi connectivity index (χ0n) is 12.5. The Kier molecular flexibility index (Phi) is 4.48.